The summed E-state index contributed by atoms with van der Waals surface area (Å²) in [4.78, 5) is 16.9. The van der Waals surface area contributed by atoms with E-state index < -0.39 is 0 Å². The lowest BCUT2D eigenvalue weighted by Crippen LogP contribution is -2.14. The van der Waals surface area contributed by atoms with E-state index in [1.807, 2.05) is 0 Å². The maximum Gasteiger partial charge on any atom is 0.258 e. The molecule has 1 aliphatic carbocycles. The topological polar surface area (TPSA) is 62.2 Å². The summed E-state index contributed by atoms with van der Waals surface area (Å²) in [5.41, 5.74) is 1.02. The Morgan fingerprint density at radius 3 is 2.83 bits per heavy atom. The van der Waals surface area contributed by atoms with E-state index in [4.69, 9.17) is 11.6 Å². The summed E-state index contributed by atoms with van der Waals surface area (Å²) in [5.74, 6) is -0.182. The van der Waals surface area contributed by atoms with Gasteiger partial charge in [0.2, 0.25) is 0 Å². The molecule has 1 aromatic heterocycles. The van der Waals surface area contributed by atoms with Gasteiger partial charge in [-0.05, 0) is 37.1 Å². The molecule has 2 aromatic rings. The second-order valence-corrected chi connectivity index (χ2v) is 7.19. The molecular formula is C17H17ClN2O2S. The third kappa shape index (κ3) is 3.98. The van der Waals surface area contributed by atoms with Crippen LogP contribution in [0.15, 0.2) is 41.6 Å². The molecule has 0 atom stereocenters. The lowest BCUT2D eigenvalue weighted by Gasteiger charge is -2.13. The number of phenols is 1. The zero-order valence-electron chi connectivity index (χ0n) is 12.5. The Bertz CT molecular complexity index is 717. The molecule has 120 valence electrons. The summed E-state index contributed by atoms with van der Waals surface area (Å²) in [6, 6.07) is 7.99. The van der Waals surface area contributed by atoms with Crippen molar-refractivity contribution in [3.63, 3.8) is 0 Å². The van der Waals surface area contributed by atoms with Crippen molar-refractivity contribution in [3.05, 3.63) is 47.1 Å². The van der Waals surface area contributed by atoms with Crippen LogP contribution in [-0.4, -0.2) is 21.2 Å². The van der Waals surface area contributed by atoms with Crippen LogP contribution in [0.3, 0.4) is 0 Å². The van der Waals surface area contributed by atoms with Gasteiger partial charge < -0.3 is 10.4 Å². The van der Waals surface area contributed by atoms with Crippen LogP contribution in [0.25, 0.3) is 0 Å². The van der Waals surface area contributed by atoms with Gasteiger partial charge >= 0.3 is 0 Å². The number of nitrogens with one attached hydrogen (secondary N) is 1. The Labute approximate surface area is 144 Å². The molecule has 4 nitrogen and oxygen atoms in total. The number of aromatic nitrogens is 1. The van der Waals surface area contributed by atoms with Gasteiger partial charge in [0.15, 0.2) is 0 Å². The quantitative estimate of drug-likeness (QED) is 0.784. The zero-order valence-corrected chi connectivity index (χ0v) is 14.0. The van der Waals surface area contributed by atoms with Crippen molar-refractivity contribution in [2.45, 2.75) is 36.0 Å². The van der Waals surface area contributed by atoms with E-state index in [2.05, 4.69) is 10.3 Å². The van der Waals surface area contributed by atoms with E-state index in [9.17, 15) is 9.90 Å². The van der Waals surface area contributed by atoms with E-state index in [1.54, 1.807) is 36.2 Å². The molecule has 3 rings (SSSR count). The molecule has 0 bridgehead atoms. The minimum Gasteiger partial charge on any atom is -0.508 e. The number of rotatable bonds is 4. The van der Waals surface area contributed by atoms with Crippen LogP contribution in [0.4, 0.5) is 5.69 Å². The summed E-state index contributed by atoms with van der Waals surface area (Å²) in [6.45, 7) is 0. The van der Waals surface area contributed by atoms with Crippen LogP contribution >= 0.6 is 23.4 Å². The van der Waals surface area contributed by atoms with E-state index in [-0.39, 0.29) is 11.7 Å². The van der Waals surface area contributed by atoms with E-state index in [0.29, 0.717) is 21.5 Å². The molecule has 2 N–H and O–H groups in total. The number of aromatic hydroxyl groups is 1. The molecule has 1 amide bonds. The summed E-state index contributed by atoms with van der Waals surface area (Å²) in [6.07, 6.45) is 6.55. The van der Waals surface area contributed by atoms with E-state index in [1.165, 1.54) is 37.8 Å². The minimum absolute atomic E-state index is 0.0619. The van der Waals surface area contributed by atoms with Gasteiger partial charge in [0.25, 0.3) is 5.91 Å². The smallest absolute Gasteiger partial charge is 0.258 e. The number of anilines is 1. The fourth-order valence-electron chi connectivity index (χ4n) is 2.62. The number of amides is 1. The Morgan fingerprint density at radius 1 is 1.30 bits per heavy atom. The first-order valence-electron chi connectivity index (χ1n) is 7.55. The minimum atomic E-state index is -0.244. The van der Waals surface area contributed by atoms with Crippen LogP contribution in [0.2, 0.25) is 5.02 Å². The summed E-state index contributed by atoms with van der Waals surface area (Å²) < 4.78 is 0. The van der Waals surface area contributed by atoms with Crippen LogP contribution in [0, 0.1) is 0 Å². The number of carbonyl (C=O) groups excluding carboxylic acids is 1. The van der Waals surface area contributed by atoms with Gasteiger partial charge in [-0.25, -0.2) is 4.98 Å². The number of carbonyl (C=O) groups is 1. The van der Waals surface area contributed by atoms with Crippen molar-refractivity contribution in [2.24, 2.45) is 0 Å². The first kappa shape index (κ1) is 16.1. The third-order valence-corrected chi connectivity index (χ3v) is 5.46. The van der Waals surface area contributed by atoms with Gasteiger partial charge in [-0.1, -0.05) is 24.4 Å². The highest BCUT2D eigenvalue weighted by molar-refractivity contribution is 7.99. The molecule has 23 heavy (non-hydrogen) atoms. The highest BCUT2D eigenvalue weighted by Gasteiger charge is 2.21. The summed E-state index contributed by atoms with van der Waals surface area (Å²) >= 11 is 7.72. The molecule has 6 heteroatoms. The molecule has 1 fully saturated rings. The lowest BCUT2D eigenvalue weighted by atomic mass is 10.2. The number of phenolic OH excluding ortho intramolecular Hbond substituents is 1. The van der Waals surface area contributed by atoms with Gasteiger partial charge in [0, 0.05) is 17.5 Å². The van der Waals surface area contributed by atoms with Crippen LogP contribution < -0.4 is 5.32 Å². The standard InChI is InChI=1S/C17H17ClN2O2S/c18-14-10-11(21)7-8-15(14)20-16(22)13-6-3-9-19-17(13)23-12-4-1-2-5-12/h3,6-10,12,21H,1-2,4-5H2,(H,20,22). The molecule has 1 heterocycles. The Morgan fingerprint density at radius 2 is 2.09 bits per heavy atom. The van der Waals surface area contributed by atoms with Gasteiger partial charge in [0.05, 0.1) is 16.3 Å². The Balaban J connectivity index is 1.78. The molecule has 0 saturated heterocycles. The first-order valence-corrected chi connectivity index (χ1v) is 8.81. The molecule has 0 spiro atoms. The van der Waals surface area contributed by atoms with Crippen molar-refractivity contribution < 1.29 is 9.90 Å². The fraction of sp³-hybridized carbons (Fsp3) is 0.294. The number of nitrogens with zero attached hydrogens (tertiary/aromatic N) is 1. The van der Waals surface area contributed by atoms with Crippen molar-refractivity contribution in [3.8, 4) is 5.75 Å². The molecular weight excluding hydrogens is 332 g/mol. The van der Waals surface area contributed by atoms with Gasteiger partial charge in [-0.15, -0.1) is 11.8 Å². The number of benzene rings is 1. The second-order valence-electron chi connectivity index (χ2n) is 5.50. The Hall–Kier alpha value is -1.72. The van der Waals surface area contributed by atoms with Crippen LogP contribution in [0.5, 0.6) is 5.75 Å². The fourth-order valence-corrected chi connectivity index (χ4v) is 4.13. The van der Waals surface area contributed by atoms with Crippen molar-refractivity contribution in [1.82, 2.24) is 4.98 Å². The number of hydrogen-bond donors (Lipinski definition) is 2. The zero-order chi connectivity index (χ0) is 16.2. The van der Waals surface area contributed by atoms with Crippen LogP contribution in [0.1, 0.15) is 36.0 Å². The van der Waals surface area contributed by atoms with E-state index >= 15 is 0 Å². The molecule has 1 aromatic carbocycles. The predicted octanol–water partition coefficient (Wildman–Crippen LogP) is 4.73. The van der Waals surface area contributed by atoms with E-state index in [0.717, 1.165) is 5.03 Å². The average Bonchev–Trinajstić information content (AvgIpc) is 3.03. The Kier molecular flexibility index (Phi) is 5.08. The number of pyridine rings is 1. The van der Waals surface area contributed by atoms with Crippen molar-refractivity contribution in [1.29, 1.82) is 0 Å². The maximum absolute atomic E-state index is 12.6. The van der Waals surface area contributed by atoms with Crippen molar-refractivity contribution in [2.75, 3.05) is 5.32 Å². The molecule has 0 unspecified atom stereocenters. The average molecular weight is 349 g/mol. The third-order valence-electron chi connectivity index (χ3n) is 3.80. The van der Waals surface area contributed by atoms with Gasteiger partial charge in [-0.3, -0.25) is 4.79 Å². The molecule has 0 radical (unpaired) electrons. The lowest BCUT2D eigenvalue weighted by molar-refractivity contribution is 0.102. The maximum atomic E-state index is 12.6. The molecule has 0 aliphatic heterocycles. The molecule has 1 aliphatic rings. The highest BCUT2D eigenvalue weighted by atomic mass is 35.5. The number of thioether (sulfide) groups is 1. The first-order chi connectivity index (χ1) is 11.1. The highest BCUT2D eigenvalue weighted by Crippen LogP contribution is 2.35. The predicted molar refractivity (Wildman–Crippen MR) is 93.4 cm³/mol. The second kappa shape index (κ2) is 7.23. The summed E-state index contributed by atoms with van der Waals surface area (Å²) in [7, 11) is 0. The van der Waals surface area contributed by atoms with Gasteiger partial charge in [-0.2, -0.15) is 0 Å². The number of halogens is 1. The normalized spacial score (nSPS) is 14.8. The van der Waals surface area contributed by atoms with Gasteiger partial charge in [0.1, 0.15) is 10.8 Å². The van der Waals surface area contributed by atoms with Crippen LogP contribution in [-0.2, 0) is 0 Å². The molecule has 1 saturated carbocycles. The number of hydrogen-bond acceptors (Lipinski definition) is 4. The SMILES string of the molecule is O=C(Nc1ccc(O)cc1Cl)c1cccnc1SC1CCCC1. The monoisotopic (exact) mass is 348 g/mol. The van der Waals surface area contributed by atoms with Crippen molar-refractivity contribution >= 4 is 35.0 Å². The largest absolute Gasteiger partial charge is 0.508 e. The summed E-state index contributed by atoms with van der Waals surface area (Å²) in [5, 5.41) is 13.8.